The van der Waals surface area contributed by atoms with E-state index < -0.39 is 5.91 Å². The minimum absolute atomic E-state index is 0.195. The summed E-state index contributed by atoms with van der Waals surface area (Å²) in [6.07, 6.45) is -0.287. The number of carbonyl (C=O) groups is 2. The summed E-state index contributed by atoms with van der Waals surface area (Å²) >= 11 is 0. The van der Waals surface area contributed by atoms with Gasteiger partial charge in [-0.25, -0.2) is 0 Å². The fraction of sp³-hybridized carbons (Fsp3) is 0.167. The zero-order chi connectivity index (χ0) is 17.6. The van der Waals surface area contributed by atoms with Crippen LogP contribution in [0.5, 0.6) is 11.5 Å². The van der Waals surface area contributed by atoms with Crippen LogP contribution in [0.2, 0.25) is 0 Å². The monoisotopic (exact) mass is 337 g/mol. The highest BCUT2D eigenvalue weighted by Gasteiger charge is 2.14. The van der Waals surface area contributed by atoms with E-state index in [9.17, 15) is 9.59 Å². The average Bonchev–Trinajstić information content (AvgIpc) is 3.08. The summed E-state index contributed by atoms with van der Waals surface area (Å²) in [6.45, 7) is 0.486. The van der Waals surface area contributed by atoms with Crippen molar-refractivity contribution < 1.29 is 19.1 Å². The number of fused-ring (bicyclic) bond motifs is 1. The third-order valence-electron chi connectivity index (χ3n) is 3.55. The number of anilines is 1. The molecule has 1 heterocycles. The molecular weight excluding hydrogens is 322 g/mol. The van der Waals surface area contributed by atoms with Crippen molar-refractivity contribution in [3.8, 4) is 17.6 Å². The van der Waals surface area contributed by atoms with Gasteiger partial charge >= 0.3 is 0 Å². The third-order valence-corrected chi connectivity index (χ3v) is 3.55. The second kappa shape index (κ2) is 7.36. The summed E-state index contributed by atoms with van der Waals surface area (Å²) in [5.41, 5.74) is 1.89. The Morgan fingerprint density at radius 2 is 1.80 bits per heavy atom. The minimum atomic E-state index is -0.423. The van der Waals surface area contributed by atoms with Gasteiger partial charge in [0.15, 0.2) is 11.5 Å². The number of hydrogen-bond donors (Lipinski definition) is 2. The fourth-order valence-corrected chi connectivity index (χ4v) is 2.29. The second-order valence-electron chi connectivity index (χ2n) is 5.38. The van der Waals surface area contributed by atoms with Crippen molar-refractivity contribution in [2.75, 3.05) is 12.1 Å². The maximum Gasteiger partial charge on any atom is 0.233 e. The largest absolute Gasteiger partial charge is 0.454 e. The van der Waals surface area contributed by atoms with Crippen LogP contribution in [0.1, 0.15) is 17.5 Å². The number of benzene rings is 2. The molecule has 25 heavy (non-hydrogen) atoms. The van der Waals surface area contributed by atoms with Crippen LogP contribution in [0, 0.1) is 11.3 Å². The van der Waals surface area contributed by atoms with E-state index in [-0.39, 0.29) is 19.1 Å². The Morgan fingerprint density at radius 3 is 2.56 bits per heavy atom. The molecule has 1 aliphatic rings. The van der Waals surface area contributed by atoms with E-state index in [4.69, 9.17) is 14.7 Å². The zero-order valence-corrected chi connectivity index (χ0v) is 13.2. The highest BCUT2D eigenvalue weighted by Crippen LogP contribution is 2.32. The smallest absolute Gasteiger partial charge is 0.233 e. The highest BCUT2D eigenvalue weighted by atomic mass is 16.7. The first-order valence-corrected chi connectivity index (χ1v) is 7.59. The topological polar surface area (TPSA) is 100 Å². The predicted molar refractivity (Wildman–Crippen MR) is 88.8 cm³/mol. The first-order valence-electron chi connectivity index (χ1n) is 7.59. The fourth-order valence-electron chi connectivity index (χ4n) is 2.29. The molecule has 0 bridgehead atoms. The van der Waals surface area contributed by atoms with Crippen molar-refractivity contribution in [2.24, 2.45) is 0 Å². The van der Waals surface area contributed by atoms with Crippen LogP contribution in [0.25, 0.3) is 0 Å². The lowest BCUT2D eigenvalue weighted by Crippen LogP contribution is -2.27. The van der Waals surface area contributed by atoms with Gasteiger partial charge in [-0.05, 0) is 42.0 Å². The number of nitriles is 1. The SMILES string of the molecule is N#Cc1ccc(NC(=O)CC(=O)NCc2ccc3c(c2)OCO3)cc1. The van der Waals surface area contributed by atoms with Gasteiger partial charge in [-0.15, -0.1) is 0 Å². The quantitative estimate of drug-likeness (QED) is 0.812. The molecular formula is C18H15N3O4. The maximum absolute atomic E-state index is 11.9. The van der Waals surface area contributed by atoms with Gasteiger partial charge in [0.2, 0.25) is 18.6 Å². The number of rotatable bonds is 5. The Kier molecular flexibility index (Phi) is 4.81. The molecule has 2 aromatic carbocycles. The Balaban J connectivity index is 1.47. The Bertz CT molecular complexity index is 840. The number of nitrogens with zero attached hydrogens (tertiary/aromatic N) is 1. The summed E-state index contributed by atoms with van der Waals surface area (Å²) in [5, 5.41) is 14.0. The van der Waals surface area contributed by atoms with Crippen LogP contribution in [-0.2, 0) is 16.1 Å². The van der Waals surface area contributed by atoms with Gasteiger partial charge < -0.3 is 20.1 Å². The van der Waals surface area contributed by atoms with Crippen LogP contribution >= 0.6 is 0 Å². The van der Waals surface area contributed by atoms with Crippen LogP contribution in [0.3, 0.4) is 0 Å². The number of nitrogens with one attached hydrogen (secondary N) is 2. The standard InChI is InChI=1S/C18H15N3O4/c19-9-12-1-4-14(5-2-12)21-18(23)8-17(22)20-10-13-3-6-15-16(7-13)25-11-24-15/h1-7H,8,10-11H2,(H,20,22)(H,21,23). The molecule has 1 aliphatic heterocycles. The first-order chi connectivity index (χ1) is 12.1. The van der Waals surface area contributed by atoms with Crippen LogP contribution in [0.15, 0.2) is 42.5 Å². The zero-order valence-electron chi connectivity index (χ0n) is 13.2. The molecule has 126 valence electrons. The Hall–Kier alpha value is -3.53. The molecule has 2 N–H and O–H groups in total. The molecule has 0 atom stereocenters. The summed E-state index contributed by atoms with van der Waals surface area (Å²) < 4.78 is 10.5. The number of amides is 2. The predicted octanol–water partition coefficient (Wildman–Crippen LogP) is 1.93. The van der Waals surface area contributed by atoms with Gasteiger partial charge in [0.05, 0.1) is 11.6 Å². The highest BCUT2D eigenvalue weighted by molar-refractivity contribution is 6.03. The van der Waals surface area contributed by atoms with Gasteiger partial charge in [0, 0.05) is 12.2 Å². The molecule has 0 aliphatic carbocycles. The van der Waals surface area contributed by atoms with E-state index in [2.05, 4.69) is 10.6 Å². The van der Waals surface area contributed by atoms with Crippen molar-refractivity contribution >= 4 is 17.5 Å². The van der Waals surface area contributed by atoms with E-state index in [1.165, 1.54) is 0 Å². The molecule has 7 nitrogen and oxygen atoms in total. The average molecular weight is 337 g/mol. The van der Waals surface area contributed by atoms with Gasteiger partial charge in [-0.3, -0.25) is 9.59 Å². The minimum Gasteiger partial charge on any atom is -0.454 e. The molecule has 0 unspecified atom stereocenters. The van der Waals surface area contributed by atoms with Gasteiger partial charge in [0.25, 0.3) is 0 Å². The molecule has 2 aromatic rings. The second-order valence-corrected chi connectivity index (χ2v) is 5.38. The molecule has 2 amide bonds. The molecule has 0 radical (unpaired) electrons. The van der Waals surface area contributed by atoms with Gasteiger partial charge in [-0.1, -0.05) is 6.07 Å². The van der Waals surface area contributed by atoms with Crippen molar-refractivity contribution in [2.45, 2.75) is 13.0 Å². The van der Waals surface area contributed by atoms with E-state index >= 15 is 0 Å². The Morgan fingerprint density at radius 1 is 1.04 bits per heavy atom. The van der Waals surface area contributed by atoms with Crippen LogP contribution in [-0.4, -0.2) is 18.6 Å². The first kappa shape index (κ1) is 16.3. The molecule has 0 saturated heterocycles. The lowest BCUT2D eigenvalue weighted by Gasteiger charge is -2.07. The van der Waals surface area contributed by atoms with Gasteiger partial charge in [0.1, 0.15) is 6.42 Å². The third kappa shape index (κ3) is 4.26. The normalized spacial score (nSPS) is 11.5. The number of hydrogen-bond acceptors (Lipinski definition) is 5. The Labute approximate surface area is 144 Å². The van der Waals surface area contributed by atoms with Crippen molar-refractivity contribution in [3.63, 3.8) is 0 Å². The maximum atomic E-state index is 11.9. The molecule has 0 aromatic heterocycles. The summed E-state index contributed by atoms with van der Waals surface area (Å²) in [4.78, 5) is 23.7. The van der Waals surface area contributed by atoms with Gasteiger partial charge in [-0.2, -0.15) is 5.26 Å². The summed E-state index contributed by atoms with van der Waals surface area (Å²) in [6, 6.07) is 13.8. The van der Waals surface area contributed by atoms with E-state index in [1.54, 1.807) is 36.4 Å². The van der Waals surface area contributed by atoms with E-state index in [0.717, 1.165) is 5.56 Å². The molecule has 7 heteroatoms. The summed E-state index contributed by atoms with van der Waals surface area (Å²) in [5.74, 6) is 0.513. The number of ether oxygens (including phenoxy) is 2. The van der Waals surface area contributed by atoms with Crippen molar-refractivity contribution in [1.29, 1.82) is 5.26 Å². The van der Waals surface area contributed by atoms with Crippen LogP contribution in [0.4, 0.5) is 5.69 Å². The molecule has 0 saturated carbocycles. The van der Waals surface area contributed by atoms with E-state index in [1.807, 2.05) is 12.1 Å². The van der Waals surface area contributed by atoms with E-state index in [0.29, 0.717) is 29.3 Å². The molecule has 0 fully saturated rings. The van der Waals surface area contributed by atoms with Crippen molar-refractivity contribution in [1.82, 2.24) is 5.32 Å². The van der Waals surface area contributed by atoms with Crippen LogP contribution < -0.4 is 20.1 Å². The number of carbonyl (C=O) groups excluding carboxylic acids is 2. The molecule has 3 rings (SSSR count). The lowest BCUT2D eigenvalue weighted by atomic mass is 10.2. The molecule has 0 spiro atoms. The van der Waals surface area contributed by atoms with Crippen molar-refractivity contribution in [3.05, 3.63) is 53.6 Å². The lowest BCUT2D eigenvalue weighted by molar-refractivity contribution is -0.126. The summed E-state index contributed by atoms with van der Waals surface area (Å²) in [7, 11) is 0.